The van der Waals surface area contributed by atoms with E-state index in [1.54, 1.807) is 12.1 Å². The van der Waals surface area contributed by atoms with Gasteiger partial charge < -0.3 is 10.6 Å². The van der Waals surface area contributed by atoms with Crippen molar-refractivity contribution in [3.8, 4) is 0 Å². The third-order valence-electron chi connectivity index (χ3n) is 4.95. The number of hydrogen-bond acceptors (Lipinski definition) is 2. The summed E-state index contributed by atoms with van der Waals surface area (Å²) in [4.78, 5) is 24.3. The minimum atomic E-state index is -0.547. The highest BCUT2D eigenvalue weighted by molar-refractivity contribution is 5.88. The Morgan fingerprint density at radius 1 is 1.04 bits per heavy atom. The zero-order valence-electron chi connectivity index (χ0n) is 13.2. The van der Waals surface area contributed by atoms with E-state index in [1.165, 1.54) is 12.1 Å². The van der Waals surface area contributed by atoms with Crippen LogP contribution in [-0.2, 0) is 15.0 Å². The van der Waals surface area contributed by atoms with Crippen LogP contribution in [0.3, 0.4) is 0 Å². The third kappa shape index (κ3) is 3.54. The molecular formula is C18H23FN2O2. The molecule has 1 aromatic rings. The van der Waals surface area contributed by atoms with Gasteiger partial charge in [0.1, 0.15) is 5.82 Å². The van der Waals surface area contributed by atoms with Crippen molar-refractivity contribution < 1.29 is 14.0 Å². The van der Waals surface area contributed by atoms with Crippen molar-refractivity contribution >= 4 is 11.8 Å². The van der Waals surface area contributed by atoms with Gasteiger partial charge in [0.05, 0.1) is 5.41 Å². The van der Waals surface area contributed by atoms with E-state index in [4.69, 9.17) is 0 Å². The Bertz CT molecular complexity index is 575. The van der Waals surface area contributed by atoms with E-state index in [-0.39, 0.29) is 23.5 Å². The molecule has 2 aliphatic rings. The molecule has 0 aliphatic heterocycles. The van der Waals surface area contributed by atoms with Crippen molar-refractivity contribution in [2.24, 2.45) is 5.92 Å². The summed E-state index contributed by atoms with van der Waals surface area (Å²) in [6.07, 6.45) is 5.54. The Morgan fingerprint density at radius 2 is 1.65 bits per heavy atom. The van der Waals surface area contributed by atoms with Gasteiger partial charge in [-0.15, -0.1) is 0 Å². The van der Waals surface area contributed by atoms with Gasteiger partial charge in [0, 0.05) is 19.0 Å². The Labute approximate surface area is 135 Å². The number of carbonyl (C=O) groups excluding carboxylic acids is 2. The lowest BCUT2D eigenvalue weighted by Gasteiger charge is -2.28. The van der Waals surface area contributed by atoms with Crippen LogP contribution in [0.25, 0.3) is 0 Å². The van der Waals surface area contributed by atoms with Gasteiger partial charge in [0.25, 0.3) is 0 Å². The van der Waals surface area contributed by atoms with Crippen LogP contribution in [0.15, 0.2) is 24.3 Å². The maximum atomic E-state index is 13.2. The second-order valence-electron chi connectivity index (χ2n) is 6.62. The minimum absolute atomic E-state index is 0.0118. The molecule has 124 valence electrons. The highest BCUT2D eigenvalue weighted by Crippen LogP contribution is 2.41. The van der Waals surface area contributed by atoms with Crippen molar-refractivity contribution in [1.82, 2.24) is 10.6 Å². The largest absolute Gasteiger partial charge is 0.354 e. The van der Waals surface area contributed by atoms with Gasteiger partial charge in [0.2, 0.25) is 11.8 Å². The number of benzene rings is 1. The van der Waals surface area contributed by atoms with E-state index in [9.17, 15) is 14.0 Å². The highest BCUT2D eigenvalue weighted by atomic mass is 19.1. The molecule has 5 heteroatoms. The van der Waals surface area contributed by atoms with E-state index in [0.717, 1.165) is 44.1 Å². The lowest BCUT2D eigenvalue weighted by molar-refractivity contribution is -0.127. The molecule has 4 nitrogen and oxygen atoms in total. The van der Waals surface area contributed by atoms with Crippen molar-refractivity contribution in [1.29, 1.82) is 0 Å². The van der Waals surface area contributed by atoms with Crippen molar-refractivity contribution in [3.05, 3.63) is 35.6 Å². The number of rotatable bonds is 6. The van der Waals surface area contributed by atoms with Crippen LogP contribution in [0.2, 0.25) is 0 Å². The monoisotopic (exact) mass is 318 g/mol. The summed E-state index contributed by atoms with van der Waals surface area (Å²) in [7, 11) is 0. The van der Waals surface area contributed by atoms with Gasteiger partial charge >= 0.3 is 0 Å². The molecule has 2 saturated carbocycles. The Kier molecular flexibility index (Phi) is 4.64. The molecule has 0 saturated heterocycles. The summed E-state index contributed by atoms with van der Waals surface area (Å²) in [6, 6.07) is 6.27. The molecule has 2 N–H and O–H groups in total. The number of hydrogen-bond donors (Lipinski definition) is 2. The smallest absolute Gasteiger partial charge is 0.230 e. The number of carbonyl (C=O) groups is 2. The van der Waals surface area contributed by atoms with E-state index in [1.807, 2.05) is 0 Å². The Balaban J connectivity index is 1.58. The summed E-state index contributed by atoms with van der Waals surface area (Å²) >= 11 is 0. The van der Waals surface area contributed by atoms with Crippen LogP contribution in [-0.4, -0.2) is 24.9 Å². The Hall–Kier alpha value is -1.91. The lowest BCUT2D eigenvalue weighted by atomic mass is 9.78. The zero-order chi connectivity index (χ0) is 16.3. The maximum Gasteiger partial charge on any atom is 0.230 e. The molecule has 0 unspecified atom stereocenters. The topological polar surface area (TPSA) is 58.2 Å². The van der Waals surface area contributed by atoms with Gasteiger partial charge in [-0.25, -0.2) is 4.39 Å². The van der Waals surface area contributed by atoms with E-state index >= 15 is 0 Å². The molecule has 0 spiro atoms. The van der Waals surface area contributed by atoms with Crippen molar-refractivity contribution in [2.75, 3.05) is 13.1 Å². The minimum Gasteiger partial charge on any atom is -0.354 e. The molecule has 0 heterocycles. The molecule has 0 atom stereocenters. The molecule has 0 bridgehead atoms. The lowest BCUT2D eigenvalue weighted by Crippen LogP contribution is -2.45. The second kappa shape index (κ2) is 6.69. The predicted molar refractivity (Wildman–Crippen MR) is 85.3 cm³/mol. The fourth-order valence-corrected chi connectivity index (χ4v) is 3.42. The Morgan fingerprint density at radius 3 is 2.26 bits per heavy atom. The average molecular weight is 318 g/mol. The maximum absolute atomic E-state index is 13.2. The van der Waals surface area contributed by atoms with Crippen molar-refractivity contribution in [2.45, 2.75) is 43.9 Å². The predicted octanol–water partition coefficient (Wildman–Crippen LogP) is 2.28. The van der Waals surface area contributed by atoms with Gasteiger partial charge in [-0.2, -0.15) is 0 Å². The number of halogens is 1. The fourth-order valence-electron chi connectivity index (χ4n) is 3.42. The molecule has 2 amide bonds. The summed E-state index contributed by atoms with van der Waals surface area (Å²) in [5.41, 5.74) is 0.338. The molecule has 1 aromatic carbocycles. The molecule has 0 radical (unpaired) electrons. The third-order valence-corrected chi connectivity index (χ3v) is 4.95. The molecular weight excluding hydrogens is 295 g/mol. The van der Waals surface area contributed by atoms with Crippen LogP contribution >= 0.6 is 0 Å². The first-order chi connectivity index (χ1) is 11.1. The number of amides is 2. The molecule has 23 heavy (non-hydrogen) atoms. The van der Waals surface area contributed by atoms with Crippen LogP contribution < -0.4 is 10.6 Å². The van der Waals surface area contributed by atoms with Crippen LogP contribution in [0, 0.1) is 11.7 Å². The average Bonchev–Trinajstić information content (AvgIpc) is 3.29. The quantitative estimate of drug-likeness (QED) is 0.791. The van der Waals surface area contributed by atoms with Crippen LogP contribution in [0.5, 0.6) is 0 Å². The van der Waals surface area contributed by atoms with E-state index < -0.39 is 5.41 Å². The summed E-state index contributed by atoms with van der Waals surface area (Å²) in [5, 5.41) is 5.79. The highest BCUT2D eigenvalue weighted by Gasteiger charge is 2.42. The second-order valence-corrected chi connectivity index (χ2v) is 6.62. The first kappa shape index (κ1) is 16.0. The fraction of sp³-hybridized carbons (Fsp3) is 0.556. The first-order valence-electron chi connectivity index (χ1n) is 8.44. The van der Waals surface area contributed by atoms with E-state index in [2.05, 4.69) is 10.6 Å². The summed E-state index contributed by atoms with van der Waals surface area (Å²) < 4.78 is 13.2. The van der Waals surface area contributed by atoms with Crippen LogP contribution in [0.4, 0.5) is 4.39 Å². The zero-order valence-corrected chi connectivity index (χ0v) is 13.2. The van der Waals surface area contributed by atoms with Crippen LogP contribution in [0.1, 0.15) is 44.1 Å². The van der Waals surface area contributed by atoms with Gasteiger partial charge in [-0.1, -0.05) is 25.0 Å². The van der Waals surface area contributed by atoms with Gasteiger partial charge in [-0.3, -0.25) is 9.59 Å². The first-order valence-corrected chi connectivity index (χ1v) is 8.44. The molecule has 2 aliphatic carbocycles. The summed E-state index contributed by atoms with van der Waals surface area (Å²) in [6.45, 7) is 0.890. The molecule has 0 aromatic heterocycles. The van der Waals surface area contributed by atoms with Gasteiger partial charge in [-0.05, 0) is 43.4 Å². The summed E-state index contributed by atoms with van der Waals surface area (Å²) in [5.74, 6) is -0.0215. The SMILES string of the molecule is O=C(NCCNC(=O)C1(c2ccc(F)cc2)CCCC1)C1CC1. The standard InChI is InChI=1S/C18H23FN2O2/c19-15-7-5-14(6-8-15)18(9-1-2-10-18)17(23)21-12-11-20-16(22)13-3-4-13/h5-8,13H,1-4,9-12H2,(H,20,22)(H,21,23). The normalized spacial score (nSPS) is 19.3. The molecule has 3 rings (SSSR count). The molecule has 2 fully saturated rings. The van der Waals surface area contributed by atoms with Crippen molar-refractivity contribution in [3.63, 3.8) is 0 Å². The van der Waals surface area contributed by atoms with E-state index in [0.29, 0.717) is 13.1 Å². The van der Waals surface area contributed by atoms with Gasteiger partial charge in [0.15, 0.2) is 0 Å². The number of nitrogens with one attached hydrogen (secondary N) is 2.